The number of amides is 2. The number of rotatable bonds is 10. The third-order valence-electron chi connectivity index (χ3n) is 4.55. The molecular weight excluding hydrogens is 371 g/mol. The van der Waals surface area contributed by atoms with E-state index in [1.807, 2.05) is 45.0 Å². The normalized spacial score (nSPS) is 11.6. The van der Waals surface area contributed by atoms with Crippen molar-refractivity contribution in [3.05, 3.63) is 65.5 Å². The summed E-state index contributed by atoms with van der Waals surface area (Å²) in [6.45, 7) is 6.49. The maximum absolute atomic E-state index is 13.1. The molecule has 1 atom stereocenters. The van der Waals surface area contributed by atoms with Gasteiger partial charge in [-0.1, -0.05) is 43.7 Å². The lowest BCUT2D eigenvalue weighted by atomic mass is 10.1. The van der Waals surface area contributed by atoms with Crippen LogP contribution in [-0.4, -0.2) is 35.9 Å². The molecule has 0 fully saturated rings. The summed E-state index contributed by atoms with van der Waals surface area (Å²) in [5, 5.41) is 2.88. The Morgan fingerprint density at radius 1 is 1.14 bits per heavy atom. The zero-order chi connectivity index (χ0) is 21.2. The SMILES string of the molecule is CCCNC(=O)[C@H](CC)N(Cc1cccc(C)c1)C(=O)COc1ccc(F)cc1. The summed E-state index contributed by atoms with van der Waals surface area (Å²) < 4.78 is 18.6. The molecule has 29 heavy (non-hydrogen) atoms. The molecule has 0 aliphatic carbocycles. The minimum Gasteiger partial charge on any atom is -0.484 e. The zero-order valence-electron chi connectivity index (χ0n) is 17.3. The van der Waals surface area contributed by atoms with Gasteiger partial charge in [0.15, 0.2) is 6.61 Å². The molecule has 0 aromatic heterocycles. The highest BCUT2D eigenvalue weighted by Gasteiger charge is 2.28. The highest BCUT2D eigenvalue weighted by atomic mass is 19.1. The fourth-order valence-corrected chi connectivity index (χ4v) is 3.05. The topological polar surface area (TPSA) is 58.6 Å². The highest BCUT2D eigenvalue weighted by molar-refractivity contribution is 5.88. The number of carbonyl (C=O) groups excluding carboxylic acids is 2. The van der Waals surface area contributed by atoms with Crippen LogP contribution in [0.15, 0.2) is 48.5 Å². The van der Waals surface area contributed by atoms with Crippen molar-refractivity contribution in [3.63, 3.8) is 0 Å². The monoisotopic (exact) mass is 400 g/mol. The van der Waals surface area contributed by atoms with Gasteiger partial charge in [-0.3, -0.25) is 9.59 Å². The van der Waals surface area contributed by atoms with Crippen LogP contribution in [0.5, 0.6) is 5.75 Å². The molecule has 2 rings (SSSR count). The van der Waals surface area contributed by atoms with E-state index in [1.54, 1.807) is 4.90 Å². The second-order valence-corrected chi connectivity index (χ2v) is 6.97. The Morgan fingerprint density at radius 3 is 2.48 bits per heavy atom. The van der Waals surface area contributed by atoms with Gasteiger partial charge in [0.25, 0.3) is 5.91 Å². The molecule has 0 radical (unpaired) electrons. The largest absolute Gasteiger partial charge is 0.484 e. The molecule has 0 heterocycles. The first kappa shape index (κ1) is 22.4. The summed E-state index contributed by atoms with van der Waals surface area (Å²) in [6.07, 6.45) is 1.31. The minimum absolute atomic E-state index is 0.169. The smallest absolute Gasteiger partial charge is 0.261 e. The summed E-state index contributed by atoms with van der Waals surface area (Å²) in [6, 6.07) is 12.7. The number of nitrogens with zero attached hydrogens (tertiary/aromatic N) is 1. The van der Waals surface area contributed by atoms with E-state index in [-0.39, 0.29) is 24.2 Å². The standard InChI is InChI=1S/C23H29FN2O3/c1-4-13-25-23(28)21(5-2)26(15-18-8-6-7-17(3)14-18)22(27)16-29-20-11-9-19(24)10-12-20/h6-12,14,21H,4-5,13,15-16H2,1-3H3,(H,25,28)/t21-/m0/s1. The minimum atomic E-state index is -0.591. The van der Waals surface area contributed by atoms with Gasteiger partial charge in [-0.15, -0.1) is 0 Å². The Bertz CT molecular complexity index is 808. The summed E-state index contributed by atoms with van der Waals surface area (Å²) in [4.78, 5) is 27.2. The third-order valence-corrected chi connectivity index (χ3v) is 4.55. The Balaban J connectivity index is 2.17. The summed E-state index contributed by atoms with van der Waals surface area (Å²) in [5.41, 5.74) is 2.03. The first-order valence-corrected chi connectivity index (χ1v) is 9.95. The average Bonchev–Trinajstić information content (AvgIpc) is 2.71. The van der Waals surface area contributed by atoms with Crippen LogP contribution in [0.4, 0.5) is 4.39 Å². The van der Waals surface area contributed by atoms with Crippen molar-refractivity contribution in [3.8, 4) is 5.75 Å². The Labute approximate surface area is 171 Å². The van der Waals surface area contributed by atoms with Crippen LogP contribution in [0.1, 0.15) is 37.8 Å². The first-order valence-electron chi connectivity index (χ1n) is 9.95. The number of nitrogens with one attached hydrogen (secondary N) is 1. The summed E-state index contributed by atoms with van der Waals surface area (Å²) in [5.74, 6) is -0.436. The Morgan fingerprint density at radius 2 is 1.86 bits per heavy atom. The van der Waals surface area contributed by atoms with E-state index in [4.69, 9.17) is 4.74 Å². The molecule has 2 aromatic carbocycles. The molecular formula is C23H29FN2O3. The lowest BCUT2D eigenvalue weighted by Gasteiger charge is -2.30. The third kappa shape index (κ3) is 6.89. The van der Waals surface area contributed by atoms with Crippen molar-refractivity contribution < 1.29 is 18.7 Å². The van der Waals surface area contributed by atoms with Crippen LogP contribution in [0.3, 0.4) is 0 Å². The van der Waals surface area contributed by atoms with Gasteiger partial charge in [0, 0.05) is 13.1 Å². The lowest BCUT2D eigenvalue weighted by molar-refractivity contribution is -0.143. The quantitative estimate of drug-likeness (QED) is 0.659. The molecule has 0 aliphatic heterocycles. The van der Waals surface area contributed by atoms with Crippen LogP contribution >= 0.6 is 0 Å². The van der Waals surface area contributed by atoms with Crippen molar-refractivity contribution in [2.75, 3.05) is 13.2 Å². The summed E-state index contributed by atoms with van der Waals surface area (Å²) >= 11 is 0. The van der Waals surface area contributed by atoms with E-state index in [2.05, 4.69) is 5.32 Å². The van der Waals surface area contributed by atoms with Crippen LogP contribution in [-0.2, 0) is 16.1 Å². The predicted octanol–water partition coefficient (Wildman–Crippen LogP) is 3.85. The van der Waals surface area contributed by atoms with Gasteiger partial charge >= 0.3 is 0 Å². The second kappa shape index (κ2) is 11.2. The van der Waals surface area contributed by atoms with E-state index < -0.39 is 6.04 Å². The fraction of sp³-hybridized carbons (Fsp3) is 0.391. The molecule has 0 unspecified atom stereocenters. The van der Waals surface area contributed by atoms with Gasteiger partial charge in [0.2, 0.25) is 5.91 Å². The van der Waals surface area contributed by atoms with Crippen LogP contribution in [0.25, 0.3) is 0 Å². The van der Waals surface area contributed by atoms with E-state index in [0.717, 1.165) is 17.5 Å². The predicted molar refractivity (Wildman–Crippen MR) is 111 cm³/mol. The van der Waals surface area contributed by atoms with E-state index >= 15 is 0 Å². The molecule has 0 spiro atoms. The van der Waals surface area contributed by atoms with Gasteiger partial charge < -0.3 is 15.0 Å². The molecule has 1 N–H and O–H groups in total. The van der Waals surface area contributed by atoms with Crippen LogP contribution in [0, 0.1) is 12.7 Å². The van der Waals surface area contributed by atoms with Gasteiger partial charge in [0.1, 0.15) is 17.6 Å². The molecule has 0 saturated carbocycles. The molecule has 6 heteroatoms. The molecule has 2 aromatic rings. The maximum Gasteiger partial charge on any atom is 0.261 e. The molecule has 0 bridgehead atoms. The van der Waals surface area contributed by atoms with E-state index in [0.29, 0.717) is 25.3 Å². The fourth-order valence-electron chi connectivity index (χ4n) is 3.05. The highest BCUT2D eigenvalue weighted by Crippen LogP contribution is 2.16. The molecule has 0 aliphatic rings. The number of halogens is 1. The number of benzene rings is 2. The molecule has 5 nitrogen and oxygen atoms in total. The second-order valence-electron chi connectivity index (χ2n) is 6.97. The van der Waals surface area contributed by atoms with E-state index in [1.165, 1.54) is 24.3 Å². The van der Waals surface area contributed by atoms with Gasteiger partial charge in [0.05, 0.1) is 0 Å². The lowest BCUT2D eigenvalue weighted by Crippen LogP contribution is -2.50. The van der Waals surface area contributed by atoms with Crippen molar-refractivity contribution in [1.29, 1.82) is 0 Å². The number of hydrogen-bond acceptors (Lipinski definition) is 3. The summed E-state index contributed by atoms with van der Waals surface area (Å²) in [7, 11) is 0. The van der Waals surface area contributed by atoms with Crippen LogP contribution < -0.4 is 10.1 Å². The molecule has 0 saturated heterocycles. The average molecular weight is 400 g/mol. The van der Waals surface area contributed by atoms with E-state index in [9.17, 15) is 14.0 Å². The van der Waals surface area contributed by atoms with Gasteiger partial charge in [-0.25, -0.2) is 4.39 Å². The van der Waals surface area contributed by atoms with Crippen molar-refractivity contribution in [2.24, 2.45) is 0 Å². The molecule has 156 valence electrons. The van der Waals surface area contributed by atoms with Crippen LogP contribution in [0.2, 0.25) is 0 Å². The van der Waals surface area contributed by atoms with Gasteiger partial charge in [-0.2, -0.15) is 0 Å². The first-order chi connectivity index (χ1) is 13.9. The van der Waals surface area contributed by atoms with Crippen molar-refractivity contribution in [2.45, 2.75) is 46.2 Å². The Hall–Kier alpha value is -2.89. The number of carbonyl (C=O) groups is 2. The maximum atomic E-state index is 13.1. The number of hydrogen-bond donors (Lipinski definition) is 1. The number of ether oxygens (including phenoxy) is 1. The van der Waals surface area contributed by atoms with Gasteiger partial charge in [-0.05, 0) is 49.6 Å². The van der Waals surface area contributed by atoms with Crippen molar-refractivity contribution in [1.82, 2.24) is 10.2 Å². The Kier molecular flexibility index (Phi) is 8.65. The van der Waals surface area contributed by atoms with Crippen molar-refractivity contribution >= 4 is 11.8 Å². The number of aryl methyl sites for hydroxylation is 1. The molecule has 2 amide bonds. The zero-order valence-corrected chi connectivity index (χ0v) is 17.3.